The first kappa shape index (κ1) is 17.6. The van der Waals surface area contributed by atoms with Gasteiger partial charge in [-0.3, -0.25) is 14.6 Å². The number of aryl methyl sites for hydroxylation is 1. The van der Waals surface area contributed by atoms with Crippen molar-refractivity contribution in [3.05, 3.63) is 48.5 Å². The van der Waals surface area contributed by atoms with E-state index in [1.165, 1.54) is 0 Å². The zero-order chi connectivity index (χ0) is 18.7. The number of nitrogens with zero attached hydrogens (tertiary/aromatic N) is 2. The number of nitrogens with one attached hydrogen (secondary N) is 2. The second-order valence-corrected chi connectivity index (χ2v) is 7.32. The number of likely N-dealkylation sites (tertiary alicyclic amines) is 1. The fraction of sp³-hybridized carbons (Fsp3) is 0.450. The molecule has 0 bridgehead atoms. The molecule has 2 saturated heterocycles. The molecule has 0 aliphatic carbocycles. The van der Waals surface area contributed by atoms with Gasteiger partial charge in [-0.15, -0.1) is 0 Å². The Hall–Kier alpha value is -2.83. The van der Waals surface area contributed by atoms with Crippen molar-refractivity contribution < 1.29 is 14.3 Å². The molecular formula is C20H24N4O3. The van der Waals surface area contributed by atoms with Crippen LogP contribution in [0, 0.1) is 11.3 Å². The largest absolute Gasteiger partial charge is 0.492 e. The van der Waals surface area contributed by atoms with E-state index in [1.807, 2.05) is 35.4 Å². The molecule has 2 amide bonds. The van der Waals surface area contributed by atoms with Crippen molar-refractivity contribution >= 4 is 11.8 Å². The van der Waals surface area contributed by atoms with Crippen LogP contribution in [0.3, 0.4) is 0 Å². The Morgan fingerprint density at radius 2 is 2.30 bits per heavy atom. The lowest BCUT2D eigenvalue weighted by Crippen LogP contribution is -2.41. The van der Waals surface area contributed by atoms with E-state index in [4.69, 9.17) is 4.74 Å². The highest BCUT2D eigenvalue weighted by Crippen LogP contribution is 2.42. The third-order valence-electron chi connectivity index (χ3n) is 5.75. The molecule has 2 aromatic rings. The minimum absolute atomic E-state index is 0.0435. The molecule has 0 radical (unpaired) electrons. The van der Waals surface area contributed by atoms with Gasteiger partial charge < -0.3 is 19.9 Å². The molecule has 4 rings (SSSR count). The molecule has 7 nitrogen and oxygen atoms in total. The highest BCUT2D eigenvalue weighted by Gasteiger charge is 2.54. The van der Waals surface area contributed by atoms with Gasteiger partial charge in [0.15, 0.2) is 0 Å². The molecule has 1 spiro atoms. The van der Waals surface area contributed by atoms with Crippen LogP contribution >= 0.6 is 0 Å². The van der Waals surface area contributed by atoms with E-state index >= 15 is 0 Å². The molecule has 0 saturated carbocycles. The van der Waals surface area contributed by atoms with Gasteiger partial charge >= 0.3 is 0 Å². The quantitative estimate of drug-likeness (QED) is 0.807. The Bertz CT molecular complexity index is 793. The second-order valence-electron chi connectivity index (χ2n) is 7.32. The van der Waals surface area contributed by atoms with Gasteiger partial charge in [-0.25, -0.2) is 0 Å². The van der Waals surface area contributed by atoms with Crippen LogP contribution in [-0.2, 0) is 16.0 Å². The number of aromatic nitrogens is 2. The molecule has 142 valence electrons. The minimum atomic E-state index is -0.537. The Balaban J connectivity index is 1.37. The summed E-state index contributed by atoms with van der Waals surface area (Å²) in [7, 11) is 0. The highest BCUT2D eigenvalue weighted by molar-refractivity contribution is 5.87. The number of H-pyrrole nitrogens is 1. The van der Waals surface area contributed by atoms with Crippen LogP contribution in [-0.4, -0.2) is 52.9 Å². The maximum absolute atomic E-state index is 12.6. The molecule has 2 fully saturated rings. The van der Waals surface area contributed by atoms with Gasteiger partial charge in [0.05, 0.1) is 18.2 Å². The van der Waals surface area contributed by atoms with E-state index in [9.17, 15) is 9.59 Å². The number of aromatic amines is 1. The van der Waals surface area contributed by atoms with E-state index in [1.54, 1.807) is 12.4 Å². The number of rotatable bonds is 6. The predicted octanol–water partition coefficient (Wildman–Crippen LogP) is 1.39. The molecule has 2 N–H and O–H groups in total. The van der Waals surface area contributed by atoms with E-state index in [2.05, 4.69) is 15.3 Å². The average Bonchev–Trinajstić information content (AvgIpc) is 3.43. The molecule has 7 heteroatoms. The van der Waals surface area contributed by atoms with Crippen LogP contribution in [0.25, 0.3) is 0 Å². The predicted molar refractivity (Wildman–Crippen MR) is 99.0 cm³/mol. The van der Waals surface area contributed by atoms with E-state index < -0.39 is 5.41 Å². The summed E-state index contributed by atoms with van der Waals surface area (Å²) in [6.07, 6.45) is 7.06. The zero-order valence-electron chi connectivity index (χ0n) is 15.2. The SMILES string of the molecule is O=C(CCc1ccc[nH]1)N1CC[C@]2(C1)C(=O)NC[C@@H]2COc1cccnc1. The van der Waals surface area contributed by atoms with Crippen LogP contribution < -0.4 is 10.1 Å². The van der Waals surface area contributed by atoms with Crippen LogP contribution in [0.15, 0.2) is 42.9 Å². The molecule has 0 aromatic carbocycles. The third-order valence-corrected chi connectivity index (χ3v) is 5.75. The van der Waals surface area contributed by atoms with Crippen molar-refractivity contribution in [1.82, 2.24) is 20.2 Å². The number of carbonyl (C=O) groups excluding carboxylic acids is 2. The zero-order valence-corrected chi connectivity index (χ0v) is 15.2. The van der Waals surface area contributed by atoms with Gasteiger partial charge in [0.25, 0.3) is 0 Å². The summed E-state index contributed by atoms with van der Waals surface area (Å²) in [4.78, 5) is 34.2. The number of hydrogen-bond acceptors (Lipinski definition) is 4. The van der Waals surface area contributed by atoms with Gasteiger partial charge in [0.2, 0.25) is 11.8 Å². The van der Waals surface area contributed by atoms with E-state index in [0.29, 0.717) is 51.3 Å². The van der Waals surface area contributed by atoms with Crippen LogP contribution in [0.5, 0.6) is 5.75 Å². The lowest BCUT2D eigenvalue weighted by Gasteiger charge is -2.28. The molecule has 2 aromatic heterocycles. The van der Waals surface area contributed by atoms with Crippen molar-refractivity contribution in [3.8, 4) is 5.75 Å². The van der Waals surface area contributed by atoms with Crippen molar-refractivity contribution in [2.24, 2.45) is 11.3 Å². The maximum Gasteiger partial charge on any atom is 0.228 e. The molecule has 2 atom stereocenters. The maximum atomic E-state index is 12.6. The standard InChI is InChI=1S/C20H24N4O3/c25-18(6-5-16-3-1-9-22-16)24-10-7-20(14-24)15(11-23-19(20)26)13-27-17-4-2-8-21-12-17/h1-4,8-9,12,15,22H,5-7,10-11,13-14H2,(H,23,26)/t15-,20-/m1/s1. The molecule has 2 aliphatic rings. The summed E-state index contributed by atoms with van der Waals surface area (Å²) in [5.74, 6) is 0.894. The molecule has 27 heavy (non-hydrogen) atoms. The fourth-order valence-electron chi connectivity index (χ4n) is 4.11. The fourth-order valence-corrected chi connectivity index (χ4v) is 4.11. The molecular weight excluding hydrogens is 344 g/mol. The normalized spacial score (nSPS) is 24.4. The lowest BCUT2D eigenvalue weighted by molar-refractivity contribution is -0.132. The van der Waals surface area contributed by atoms with Gasteiger partial charge in [-0.05, 0) is 37.1 Å². The summed E-state index contributed by atoms with van der Waals surface area (Å²) >= 11 is 0. The molecule has 2 aliphatic heterocycles. The third kappa shape index (κ3) is 3.54. The first-order valence-electron chi connectivity index (χ1n) is 9.38. The Morgan fingerprint density at radius 1 is 1.37 bits per heavy atom. The van der Waals surface area contributed by atoms with Crippen molar-refractivity contribution in [2.45, 2.75) is 19.3 Å². The monoisotopic (exact) mass is 368 g/mol. The number of hydrogen-bond donors (Lipinski definition) is 2. The van der Waals surface area contributed by atoms with Gasteiger partial charge in [0, 0.05) is 50.1 Å². The Morgan fingerprint density at radius 3 is 3.07 bits per heavy atom. The lowest BCUT2D eigenvalue weighted by atomic mass is 9.77. The van der Waals surface area contributed by atoms with Gasteiger partial charge in [0.1, 0.15) is 5.75 Å². The number of amides is 2. The van der Waals surface area contributed by atoms with Gasteiger partial charge in [-0.2, -0.15) is 0 Å². The number of carbonyl (C=O) groups is 2. The van der Waals surface area contributed by atoms with Crippen molar-refractivity contribution in [3.63, 3.8) is 0 Å². The highest BCUT2D eigenvalue weighted by atomic mass is 16.5. The number of ether oxygens (including phenoxy) is 1. The minimum Gasteiger partial charge on any atom is -0.492 e. The smallest absolute Gasteiger partial charge is 0.228 e. The summed E-state index contributed by atoms with van der Waals surface area (Å²) in [6, 6.07) is 7.59. The van der Waals surface area contributed by atoms with Crippen LogP contribution in [0.1, 0.15) is 18.5 Å². The summed E-state index contributed by atoms with van der Waals surface area (Å²) in [5, 5.41) is 2.97. The van der Waals surface area contributed by atoms with E-state index in [0.717, 1.165) is 5.69 Å². The van der Waals surface area contributed by atoms with E-state index in [-0.39, 0.29) is 17.7 Å². The average molecular weight is 368 g/mol. The molecule has 4 heterocycles. The summed E-state index contributed by atoms with van der Waals surface area (Å²) < 4.78 is 5.85. The second kappa shape index (κ2) is 7.42. The Labute approximate surface area is 158 Å². The summed E-state index contributed by atoms with van der Waals surface area (Å²) in [6.45, 7) is 2.13. The van der Waals surface area contributed by atoms with Gasteiger partial charge in [-0.1, -0.05) is 0 Å². The number of pyridine rings is 1. The molecule has 0 unspecified atom stereocenters. The van der Waals surface area contributed by atoms with Crippen molar-refractivity contribution in [1.29, 1.82) is 0 Å². The topological polar surface area (TPSA) is 87.3 Å². The Kier molecular flexibility index (Phi) is 4.83. The van der Waals surface area contributed by atoms with Crippen molar-refractivity contribution in [2.75, 3.05) is 26.2 Å². The summed E-state index contributed by atoms with van der Waals surface area (Å²) in [5.41, 5.74) is 0.517. The van der Waals surface area contributed by atoms with Crippen LogP contribution in [0.2, 0.25) is 0 Å². The first-order chi connectivity index (χ1) is 13.2. The van der Waals surface area contributed by atoms with Crippen LogP contribution in [0.4, 0.5) is 0 Å². The first-order valence-corrected chi connectivity index (χ1v) is 9.38.